The van der Waals surface area contributed by atoms with Crippen LogP contribution in [-0.2, 0) is 0 Å². The topological polar surface area (TPSA) is 109 Å². The van der Waals surface area contributed by atoms with Gasteiger partial charge in [-0.3, -0.25) is 4.79 Å². The minimum atomic E-state index is -0.330. The van der Waals surface area contributed by atoms with E-state index in [1.54, 1.807) is 48.0 Å². The van der Waals surface area contributed by atoms with Crippen molar-refractivity contribution in [1.29, 1.82) is 0 Å². The summed E-state index contributed by atoms with van der Waals surface area (Å²) in [5, 5.41) is 19.1. The molecule has 0 saturated heterocycles. The van der Waals surface area contributed by atoms with Crippen molar-refractivity contribution in [3.8, 4) is 34.1 Å². The second-order valence-corrected chi connectivity index (χ2v) is 7.95. The van der Waals surface area contributed by atoms with Crippen LogP contribution in [0.1, 0.15) is 15.9 Å². The van der Waals surface area contributed by atoms with Crippen LogP contribution < -0.4 is 14.8 Å². The van der Waals surface area contributed by atoms with Crippen LogP contribution in [0, 0.1) is 6.92 Å². The number of hydrogen-bond acceptors (Lipinski definition) is 7. The number of hydrogen-bond donors (Lipinski definition) is 1. The third-order valence-corrected chi connectivity index (χ3v) is 5.70. The summed E-state index contributed by atoms with van der Waals surface area (Å²) in [7, 11) is 3.16. The molecule has 180 valence electrons. The standard InChI is InChI=1S/C26H23N7O3/c1-17-9-10-18(13-23(17)33-16-27-30-31-33)28-26(34)22-15-32(19-7-5-4-6-8-19)29-25(22)21-14-20(35-2)11-12-24(21)36-3/h4-16H,1-3H3,(H,28,34). The first kappa shape index (κ1) is 22.8. The lowest BCUT2D eigenvalue weighted by Crippen LogP contribution is -2.13. The van der Waals surface area contributed by atoms with Crippen molar-refractivity contribution < 1.29 is 14.3 Å². The normalized spacial score (nSPS) is 10.8. The Hall–Kier alpha value is -4.99. The summed E-state index contributed by atoms with van der Waals surface area (Å²) >= 11 is 0. The van der Waals surface area contributed by atoms with Crippen molar-refractivity contribution in [3.05, 3.63) is 90.4 Å². The van der Waals surface area contributed by atoms with Gasteiger partial charge in [-0.1, -0.05) is 24.3 Å². The molecule has 1 N–H and O–H groups in total. The summed E-state index contributed by atoms with van der Waals surface area (Å²) in [5.74, 6) is 0.860. The number of nitrogens with zero attached hydrogens (tertiary/aromatic N) is 6. The quantitative estimate of drug-likeness (QED) is 0.373. The molecular weight excluding hydrogens is 458 g/mol. The highest BCUT2D eigenvalue weighted by Gasteiger charge is 2.22. The maximum absolute atomic E-state index is 13.6. The van der Waals surface area contributed by atoms with Crippen LogP contribution in [0.25, 0.3) is 22.6 Å². The zero-order valence-electron chi connectivity index (χ0n) is 19.9. The molecule has 0 aliphatic carbocycles. The molecule has 0 aliphatic rings. The first-order chi connectivity index (χ1) is 17.6. The van der Waals surface area contributed by atoms with Gasteiger partial charge in [0.05, 0.1) is 31.2 Å². The third kappa shape index (κ3) is 4.39. The van der Waals surface area contributed by atoms with E-state index in [0.29, 0.717) is 34.0 Å². The number of nitrogens with one attached hydrogen (secondary N) is 1. The van der Waals surface area contributed by atoms with Crippen molar-refractivity contribution in [2.75, 3.05) is 19.5 Å². The Bertz CT molecular complexity index is 1510. The maximum Gasteiger partial charge on any atom is 0.259 e. The highest BCUT2D eigenvalue weighted by molar-refractivity contribution is 6.08. The monoisotopic (exact) mass is 481 g/mol. The molecule has 0 aliphatic heterocycles. The van der Waals surface area contributed by atoms with E-state index < -0.39 is 0 Å². The Morgan fingerprint density at radius 3 is 2.50 bits per heavy atom. The zero-order valence-corrected chi connectivity index (χ0v) is 19.9. The van der Waals surface area contributed by atoms with Crippen molar-refractivity contribution in [2.24, 2.45) is 0 Å². The molecule has 36 heavy (non-hydrogen) atoms. The molecule has 5 rings (SSSR count). The van der Waals surface area contributed by atoms with Crippen molar-refractivity contribution in [3.63, 3.8) is 0 Å². The lowest BCUT2D eigenvalue weighted by molar-refractivity contribution is 0.102. The summed E-state index contributed by atoms with van der Waals surface area (Å²) in [6, 6.07) is 20.5. The number of para-hydroxylation sites is 1. The number of amides is 1. The van der Waals surface area contributed by atoms with E-state index >= 15 is 0 Å². The maximum atomic E-state index is 13.6. The average Bonchev–Trinajstić information content (AvgIpc) is 3.61. The first-order valence-corrected chi connectivity index (χ1v) is 11.1. The molecule has 0 saturated carbocycles. The zero-order chi connectivity index (χ0) is 25.1. The van der Waals surface area contributed by atoms with Gasteiger partial charge in [-0.25, -0.2) is 9.36 Å². The molecule has 0 radical (unpaired) electrons. The van der Waals surface area contributed by atoms with Crippen LogP contribution in [0.15, 0.2) is 79.3 Å². The first-order valence-electron chi connectivity index (χ1n) is 11.1. The van der Waals surface area contributed by atoms with Crippen molar-refractivity contribution >= 4 is 11.6 Å². The van der Waals surface area contributed by atoms with Gasteiger partial charge in [0, 0.05) is 17.4 Å². The number of anilines is 1. The molecule has 0 unspecified atom stereocenters. The van der Waals surface area contributed by atoms with Gasteiger partial charge in [-0.05, 0) is 65.4 Å². The third-order valence-electron chi connectivity index (χ3n) is 5.70. The molecule has 1 amide bonds. The van der Waals surface area contributed by atoms with E-state index in [-0.39, 0.29) is 5.91 Å². The van der Waals surface area contributed by atoms with E-state index in [4.69, 9.17) is 14.6 Å². The Kier molecular flexibility index (Phi) is 6.14. The van der Waals surface area contributed by atoms with Crippen LogP contribution in [0.3, 0.4) is 0 Å². The van der Waals surface area contributed by atoms with Crippen LogP contribution in [-0.4, -0.2) is 50.1 Å². The van der Waals surface area contributed by atoms with E-state index in [2.05, 4.69) is 20.8 Å². The summed E-state index contributed by atoms with van der Waals surface area (Å²) in [5.41, 5.74) is 4.58. The number of rotatable bonds is 7. The molecule has 2 aromatic heterocycles. The number of methoxy groups -OCH3 is 2. The summed E-state index contributed by atoms with van der Waals surface area (Å²) < 4.78 is 14.2. The molecule has 2 heterocycles. The summed E-state index contributed by atoms with van der Waals surface area (Å²) in [4.78, 5) is 13.6. The van der Waals surface area contributed by atoms with Gasteiger partial charge in [0.25, 0.3) is 5.91 Å². The Labute approximate surface area is 207 Å². The van der Waals surface area contributed by atoms with E-state index in [1.807, 2.05) is 55.5 Å². The fourth-order valence-electron chi connectivity index (χ4n) is 3.86. The lowest BCUT2D eigenvalue weighted by Gasteiger charge is -2.11. The van der Waals surface area contributed by atoms with E-state index in [1.165, 1.54) is 6.33 Å². The van der Waals surface area contributed by atoms with Gasteiger partial charge in [-0.2, -0.15) is 5.10 Å². The molecule has 5 aromatic rings. The van der Waals surface area contributed by atoms with Crippen molar-refractivity contribution in [1.82, 2.24) is 30.0 Å². The van der Waals surface area contributed by atoms with Crippen LogP contribution >= 0.6 is 0 Å². The lowest BCUT2D eigenvalue weighted by atomic mass is 10.1. The highest BCUT2D eigenvalue weighted by Crippen LogP contribution is 2.35. The number of aryl methyl sites for hydroxylation is 1. The van der Waals surface area contributed by atoms with Crippen LogP contribution in [0.5, 0.6) is 11.5 Å². The second-order valence-electron chi connectivity index (χ2n) is 7.95. The molecule has 10 nitrogen and oxygen atoms in total. The SMILES string of the molecule is COc1ccc(OC)c(-c2nn(-c3ccccc3)cc2C(=O)Nc2ccc(C)c(-n3cnnn3)c2)c1. The number of ether oxygens (including phenoxy) is 2. The number of carbonyl (C=O) groups excluding carboxylic acids is 1. The van der Waals surface area contributed by atoms with Crippen LogP contribution in [0.4, 0.5) is 5.69 Å². The number of benzene rings is 3. The number of tetrazole rings is 1. The van der Waals surface area contributed by atoms with Gasteiger partial charge in [0.2, 0.25) is 0 Å². The Morgan fingerprint density at radius 2 is 1.78 bits per heavy atom. The largest absolute Gasteiger partial charge is 0.497 e. The fourth-order valence-corrected chi connectivity index (χ4v) is 3.86. The summed E-state index contributed by atoms with van der Waals surface area (Å²) in [6.07, 6.45) is 3.21. The van der Waals surface area contributed by atoms with E-state index in [9.17, 15) is 4.79 Å². The molecule has 3 aromatic carbocycles. The Morgan fingerprint density at radius 1 is 0.944 bits per heavy atom. The molecule has 0 atom stereocenters. The predicted octanol–water partition coefficient (Wildman–Crippen LogP) is 4.09. The second kappa shape index (κ2) is 9.71. The smallest absolute Gasteiger partial charge is 0.259 e. The Balaban J connectivity index is 1.58. The van der Waals surface area contributed by atoms with Gasteiger partial charge in [-0.15, -0.1) is 5.10 Å². The molecule has 0 spiro atoms. The number of carbonyl (C=O) groups is 1. The minimum Gasteiger partial charge on any atom is -0.497 e. The van der Waals surface area contributed by atoms with Gasteiger partial charge in [0.1, 0.15) is 23.5 Å². The average molecular weight is 482 g/mol. The molecule has 10 heteroatoms. The highest BCUT2D eigenvalue weighted by atomic mass is 16.5. The van der Waals surface area contributed by atoms with Gasteiger partial charge in [0.15, 0.2) is 0 Å². The van der Waals surface area contributed by atoms with Crippen molar-refractivity contribution in [2.45, 2.75) is 6.92 Å². The summed E-state index contributed by atoms with van der Waals surface area (Å²) in [6.45, 7) is 1.94. The van der Waals surface area contributed by atoms with Gasteiger partial charge >= 0.3 is 0 Å². The number of aromatic nitrogens is 6. The van der Waals surface area contributed by atoms with Gasteiger partial charge < -0.3 is 14.8 Å². The molecule has 0 bridgehead atoms. The molecular formula is C26H23N7O3. The van der Waals surface area contributed by atoms with Crippen LogP contribution in [0.2, 0.25) is 0 Å². The van der Waals surface area contributed by atoms with E-state index in [0.717, 1.165) is 16.9 Å². The minimum absolute atomic E-state index is 0.330. The molecule has 0 fully saturated rings. The predicted molar refractivity (Wildman–Crippen MR) is 134 cm³/mol. The fraction of sp³-hybridized carbons (Fsp3) is 0.115.